The Bertz CT molecular complexity index is 888. The highest BCUT2D eigenvalue weighted by atomic mass is 32.2. The van der Waals surface area contributed by atoms with Gasteiger partial charge in [0.2, 0.25) is 10.0 Å². The molecule has 1 aliphatic rings. The van der Waals surface area contributed by atoms with Gasteiger partial charge in [0.15, 0.2) is 6.10 Å². The van der Waals surface area contributed by atoms with Gasteiger partial charge in [0, 0.05) is 32.1 Å². The van der Waals surface area contributed by atoms with Crippen LogP contribution >= 0.6 is 0 Å². The van der Waals surface area contributed by atoms with Crippen molar-refractivity contribution in [3.63, 3.8) is 0 Å². The van der Waals surface area contributed by atoms with Crippen LogP contribution in [0.2, 0.25) is 0 Å². The number of nitrogens with zero attached hydrogens (tertiary/aromatic N) is 2. The average Bonchev–Trinajstić information content (AvgIpc) is 2.56. The smallest absolute Gasteiger partial charge is 0.339 e. The quantitative estimate of drug-likeness (QED) is 0.673. The number of rotatable bonds is 5. The molecule has 10 heteroatoms. The van der Waals surface area contributed by atoms with Gasteiger partial charge < -0.3 is 20.1 Å². The second-order valence-corrected chi connectivity index (χ2v) is 7.16. The van der Waals surface area contributed by atoms with Crippen molar-refractivity contribution in [3.05, 3.63) is 58.6 Å². The van der Waals surface area contributed by atoms with Crippen LogP contribution < -0.4 is 15.6 Å². The molecule has 1 aromatic rings. The summed E-state index contributed by atoms with van der Waals surface area (Å²) in [4.78, 5) is 17.2. The monoisotopic (exact) mass is 380 g/mol. The Hall–Kier alpha value is -2.85. The van der Waals surface area contributed by atoms with Gasteiger partial charge in [0.1, 0.15) is 10.7 Å². The molecule has 0 saturated carbocycles. The average molecular weight is 380 g/mol. The first kappa shape index (κ1) is 19.5. The maximum Gasteiger partial charge on any atom is 0.339 e. The molecule has 0 fully saturated rings. The highest BCUT2D eigenvalue weighted by Gasteiger charge is 2.36. The Labute approximate surface area is 151 Å². The van der Waals surface area contributed by atoms with E-state index in [1.165, 1.54) is 12.3 Å². The van der Waals surface area contributed by atoms with Crippen LogP contribution in [0, 0.1) is 0 Å². The molecule has 0 aliphatic heterocycles. The van der Waals surface area contributed by atoms with E-state index in [-0.39, 0.29) is 11.3 Å². The van der Waals surface area contributed by atoms with E-state index in [1.807, 2.05) is 0 Å². The molecule has 0 amide bonds. The number of ether oxygens (including phenoxy) is 2. The van der Waals surface area contributed by atoms with E-state index < -0.39 is 27.0 Å². The van der Waals surface area contributed by atoms with Crippen LogP contribution in [-0.2, 0) is 19.6 Å². The van der Waals surface area contributed by atoms with Crippen LogP contribution in [0.1, 0.15) is 0 Å². The molecule has 1 atom stereocenters. The van der Waals surface area contributed by atoms with E-state index in [4.69, 9.17) is 15.6 Å². The van der Waals surface area contributed by atoms with Crippen LogP contribution in [0.4, 0.5) is 0 Å². The maximum atomic E-state index is 12.1. The van der Waals surface area contributed by atoms with Crippen molar-refractivity contribution in [1.82, 2.24) is 9.88 Å². The lowest BCUT2D eigenvalue weighted by Crippen LogP contribution is -2.36. The first-order chi connectivity index (χ1) is 12.1. The molecule has 4 N–H and O–H groups in total. The highest BCUT2D eigenvalue weighted by molar-refractivity contribution is 7.93. The third-order valence-corrected chi connectivity index (χ3v) is 4.41. The van der Waals surface area contributed by atoms with Gasteiger partial charge in [-0.3, -0.25) is 4.98 Å². The molecule has 0 spiro atoms. The van der Waals surface area contributed by atoms with E-state index >= 15 is 0 Å². The van der Waals surface area contributed by atoms with Gasteiger partial charge in [-0.15, -0.1) is 0 Å². The van der Waals surface area contributed by atoms with Crippen molar-refractivity contribution >= 4 is 16.0 Å². The lowest BCUT2D eigenvalue weighted by atomic mass is 9.96. The van der Waals surface area contributed by atoms with Crippen LogP contribution in [0.15, 0.2) is 58.6 Å². The summed E-state index contributed by atoms with van der Waals surface area (Å²) in [5.41, 5.74) is 6.05. The summed E-state index contributed by atoms with van der Waals surface area (Å²) in [6, 6.07) is 3.30. The van der Waals surface area contributed by atoms with E-state index in [1.54, 1.807) is 43.5 Å². The van der Waals surface area contributed by atoms with Crippen molar-refractivity contribution < 1.29 is 22.7 Å². The van der Waals surface area contributed by atoms with Crippen LogP contribution in [0.25, 0.3) is 0 Å². The molecule has 0 bridgehead atoms. The fraction of sp³-hybridized carbons (Fsp3) is 0.250. The summed E-state index contributed by atoms with van der Waals surface area (Å²) < 4.78 is 34.6. The Morgan fingerprint density at radius 1 is 1.38 bits per heavy atom. The molecule has 1 aliphatic carbocycles. The molecular weight excluding hydrogens is 360 g/mol. The van der Waals surface area contributed by atoms with Crippen LogP contribution in [0.5, 0.6) is 5.75 Å². The molecule has 1 unspecified atom stereocenters. The second kappa shape index (κ2) is 7.58. The zero-order valence-electron chi connectivity index (χ0n) is 14.5. The SMILES string of the molecule is COC(=O)C1=CC(=CN(C)C)C(Oc2cccnc2)C(N)=C1S(N)(=O)=O. The lowest BCUT2D eigenvalue weighted by molar-refractivity contribution is -0.135. The van der Waals surface area contributed by atoms with E-state index in [0.29, 0.717) is 11.3 Å². The highest BCUT2D eigenvalue weighted by Crippen LogP contribution is 2.32. The fourth-order valence-corrected chi connectivity index (χ4v) is 3.31. The van der Waals surface area contributed by atoms with Gasteiger partial charge in [0.05, 0.1) is 24.6 Å². The molecule has 140 valence electrons. The predicted octanol–water partition coefficient (Wildman–Crippen LogP) is -0.154. The summed E-state index contributed by atoms with van der Waals surface area (Å²) in [6.45, 7) is 0. The van der Waals surface area contributed by atoms with E-state index in [9.17, 15) is 13.2 Å². The Morgan fingerprint density at radius 2 is 2.08 bits per heavy atom. The zero-order chi connectivity index (χ0) is 19.5. The Kier molecular flexibility index (Phi) is 5.68. The summed E-state index contributed by atoms with van der Waals surface area (Å²) in [7, 11) is 0.343. The van der Waals surface area contributed by atoms with Gasteiger partial charge in [0.25, 0.3) is 0 Å². The largest absolute Gasteiger partial charge is 0.478 e. The molecule has 2 rings (SSSR count). The van der Waals surface area contributed by atoms with E-state index in [0.717, 1.165) is 7.11 Å². The Morgan fingerprint density at radius 3 is 2.58 bits per heavy atom. The predicted molar refractivity (Wildman–Crippen MR) is 94.8 cm³/mol. The maximum absolute atomic E-state index is 12.1. The summed E-state index contributed by atoms with van der Waals surface area (Å²) in [6.07, 6.45) is 5.02. The minimum atomic E-state index is -4.31. The number of aromatic nitrogens is 1. The van der Waals surface area contributed by atoms with Crippen molar-refractivity contribution in [1.29, 1.82) is 0 Å². The first-order valence-corrected chi connectivity index (χ1v) is 8.97. The molecule has 0 aromatic carbocycles. The number of primary sulfonamides is 1. The van der Waals surface area contributed by atoms with Gasteiger partial charge in [-0.1, -0.05) is 0 Å². The number of carbonyl (C=O) groups excluding carboxylic acids is 1. The lowest BCUT2D eigenvalue weighted by Gasteiger charge is -2.28. The number of nitrogens with two attached hydrogens (primary N) is 2. The molecule has 0 radical (unpaired) electrons. The molecule has 9 nitrogen and oxygen atoms in total. The third-order valence-electron chi connectivity index (χ3n) is 3.39. The molecule has 1 heterocycles. The minimum Gasteiger partial charge on any atom is -0.478 e. The van der Waals surface area contributed by atoms with Gasteiger partial charge >= 0.3 is 5.97 Å². The van der Waals surface area contributed by atoms with Crippen molar-refractivity contribution in [3.8, 4) is 5.75 Å². The Balaban J connectivity index is 2.65. The first-order valence-electron chi connectivity index (χ1n) is 7.42. The van der Waals surface area contributed by atoms with Crippen molar-refractivity contribution in [2.75, 3.05) is 21.2 Å². The number of hydrogen-bond acceptors (Lipinski definition) is 8. The van der Waals surface area contributed by atoms with Crippen molar-refractivity contribution in [2.24, 2.45) is 10.9 Å². The number of pyridine rings is 1. The topological polar surface area (TPSA) is 138 Å². The third kappa shape index (κ3) is 4.21. The van der Waals surface area contributed by atoms with Crippen molar-refractivity contribution in [2.45, 2.75) is 6.10 Å². The van der Waals surface area contributed by atoms with Gasteiger partial charge in [-0.2, -0.15) is 0 Å². The molecular formula is C16H20N4O5S. The zero-order valence-corrected chi connectivity index (χ0v) is 15.4. The fourth-order valence-electron chi connectivity index (χ4n) is 2.43. The van der Waals surface area contributed by atoms with Crippen LogP contribution in [0.3, 0.4) is 0 Å². The molecule has 26 heavy (non-hydrogen) atoms. The molecule has 1 aromatic heterocycles. The summed E-state index contributed by atoms with van der Waals surface area (Å²) in [5.74, 6) is -0.504. The van der Waals surface area contributed by atoms with Gasteiger partial charge in [-0.05, 0) is 18.2 Å². The number of carbonyl (C=O) groups is 1. The van der Waals surface area contributed by atoms with E-state index in [2.05, 4.69) is 9.72 Å². The normalized spacial score (nSPS) is 19.2. The number of esters is 1. The minimum absolute atomic E-state index is 0.215. The number of methoxy groups -OCH3 is 1. The number of sulfonamides is 1. The van der Waals surface area contributed by atoms with Gasteiger partial charge in [-0.25, -0.2) is 18.4 Å². The summed E-state index contributed by atoms with van der Waals surface area (Å²) in [5, 5.41) is 5.27. The van der Waals surface area contributed by atoms with Crippen LogP contribution in [-0.4, -0.2) is 51.6 Å². The summed E-state index contributed by atoms with van der Waals surface area (Å²) >= 11 is 0. The number of hydrogen-bond donors (Lipinski definition) is 2. The second-order valence-electron chi connectivity index (χ2n) is 5.66. The standard InChI is InChI=1S/C16H20N4O5S/c1-20(2)9-10-7-12(16(21)24-3)15(26(18,22)23)13(17)14(10)25-11-5-4-6-19-8-11/h4-9,14H,17H2,1-3H3,(H2,18,22,23). The molecule has 0 saturated heterocycles.